The molecule has 1 rings (SSSR count). The zero-order valence-electron chi connectivity index (χ0n) is 7.31. The van der Waals surface area contributed by atoms with Gasteiger partial charge in [0.25, 0.3) is 0 Å². The number of rotatable bonds is 4. The predicted molar refractivity (Wildman–Crippen MR) is 58.6 cm³/mol. The molecule has 1 aromatic rings. The molecule has 2 nitrogen and oxygen atoms in total. The summed E-state index contributed by atoms with van der Waals surface area (Å²) in [6.45, 7) is 0.758. The molecule has 0 radical (unpaired) electrons. The van der Waals surface area contributed by atoms with Gasteiger partial charge in [0.05, 0.1) is 12.6 Å². The highest BCUT2D eigenvalue weighted by atomic mass is 79.9. The molecule has 4 heteroatoms. The minimum atomic E-state index is 0.729. The number of benzene rings is 1. The van der Waals surface area contributed by atoms with E-state index >= 15 is 0 Å². The van der Waals surface area contributed by atoms with Crippen molar-refractivity contribution in [2.75, 3.05) is 12.6 Å². The second-order valence-electron chi connectivity index (χ2n) is 2.52. The summed E-state index contributed by atoms with van der Waals surface area (Å²) < 4.78 is 5.04. The van der Waals surface area contributed by atoms with Crippen LogP contribution in [-0.2, 0) is 6.54 Å². The fourth-order valence-electron chi connectivity index (χ4n) is 0.980. The Kier molecular flexibility index (Phi) is 4.56. The highest BCUT2D eigenvalue weighted by molar-refractivity contribution is 9.09. The molecule has 0 bridgehead atoms. The van der Waals surface area contributed by atoms with E-state index in [4.69, 9.17) is 16.3 Å². The van der Waals surface area contributed by atoms with E-state index in [0.717, 1.165) is 28.3 Å². The second kappa shape index (κ2) is 5.47. The Morgan fingerprint density at radius 2 is 2.31 bits per heavy atom. The van der Waals surface area contributed by atoms with Gasteiger partial charge in [-0.1, -0.05) is 33.6 Å². The Hall–Kier alpha value is -0.250. The van der Waals surface area contributed by atoms with Crippen molar-refractivity contribution in [3.05, 3.63) is 28.8 Å². The standard InChI is InChI=1S/C9H11BrClNO/c1-13-8-3-2-7(5-12-6-10)9(11)4-8/h2-4,12H,5-6H2,1H3. The number of nitrogens with one attached hydrogen (secondary N) is 1. The van der Waals surface area contributed by atoms with E-state index in [0.29, 0.717) is 0 Å². The molecule has 0 fully saturated rings. The first-order valence-corrected chi connectivity index (χ1v) is 5.37. The minimum Gasteiger partial charge on any atom is -0.497 e. The van der Waals surface area contributed by atoms with Gasteiger partial charge < -0.3 is 10.1 Å². The van der Waals surface area contributed by atoms with Gasteiger partial charge in [0.15, 0.2) is 0 Å². The molecule has 0 atom stereocenters. The van der Waals surface area contributed by atoms with Gasteiger partial charge in [-0.2, -0.15) is 0 Å². The molecular formula is C9H11BrClNO. The molecule has 0 saturated heterocycles. The monoisotopic (exact) mass is 263 g/mol. The van der Waals surface area contributed by atoms with Crippen LogP contribution in [0, 0.1) is 0 Å². The van der Waals surface area contributed by atoms with Gasteiger partial charge in [-0.25, -0.2) is 0 Å². The molecular weight excluding hydrogens is 253 g/mol. The first-order valence-electron chi connectivity index (χ1n) is 3.87. The normalized spacial score (nSPS) is 10.1. The van der Waals surface area contributed by atoms with E-state index in [1.165, 1.54) is 0 Å². The molecule has 0 saturated carbocycles. The Morgan fingerprint density at radius 3 is 2.85 bits per heavy atom. The summed E-state index contributed by atoms with van der Waals surface area (Å²) in [7, 11) is 1.63. The SMILES string of the molecule is COc1ccc(CNCBr)c(Cl)c1. The first kappa shape index (κ1) is 10.8. The molecule has 0 aliphatic rings. The van der Waals surface area contributed by atoms with Crippen molar-refractivity contribution in [2.45, 2.75) is 6.54 Å². The van der Waals surface area contributed by atoms with Crippen molar-refractivity contribution >= 4 is 27.5 Å². The number of ether oxygens (including phenoxy) is 1. The smallest absolute Gasteiger partial charge is 0.120 e. The summed E-state index contributed by atoms with van der Waals surface area (Å²) in [5.74, 6) is 0.785. The third-order valence-corrected chi connectivity index (χ3v) is 2.42. The first-order chi connectivity index (χ1) is 6.27. The van der Waals surface area contributed by atoms with E-state index < -0.39 is 0 Å². The maximum atomic E-state index is 6.01. The minimum absolute atomic E-state index is 0.729. The third-order valence-electron chi connectivity index (χ3n) is 1.67. The fourth-order valence-corrected chi connectivity index (χ4v) is 1.42. The van der Waals surface area contributed by atoms with E-state index in [-0.39, 0.29) is 0 Å². The number of methoxy groups -OCH3 is 1. The van der Waals surface area contributed by atoms with E-state index in [2.05, 4.69) is 21.2 Å². The van der Waals surface area contributed by atoms with Crippen LogP contribution < -0.4 is 10.1 Å². The lowest BCUT2D eigenvalue weighted by Crippen LogP contribution is -2.10. The van der Waals surface area contributed by atoms with E-state index in [1.807, 2.05) is 18.2 Å². The van der Waals surface area contributed by atoms with Crippen LogP contribution in [0.2, 0.25) is 5.02 Å². The molecule has 0 aliphatic carbocycles. The predicted octanol–water partition coefficient (Wildman–Crippen LogP) is 2.79. The van der Waals surface area contributed by atoms with Crippen LogP contribution in [0.15, 0.2) is 18.2 Å². The summed E-state index contributed by atoms with van der Waals surface area (Å²) in [4.78, 5) is 0. The van der Waals surface area contributed by atoms with Crippen molar-refractivity contribution in [3.63, 3.8) is 0 Å². The van der Waals surface area contributed by atoms with Crippen molar-refractivity contribution in [1.29, 1.82) is 0 Å². The van der Waals surface area contributed by atoms with Crippen molar-refractivity contribution in [3.8, 4) is 5.75 Å². The summed E-state index contributed by atoms with van der Waals surface area (Å²) in [5, 5.41) is 3.86. The summed E-state index contributed by atoms with van der Waals surface area (Å²) in [6, 6.07) is 5.67. The van der Waals surface area contributed by atoms with Gasteiger partial charge in [-0.15, -0.1) is 0 Å². The largest absolute Gasteiger partial charge is 0.497 e. The van der Waals surface area contributed by atoms with E-state index in [1.54, 1.807) is 7.11 Å². The van der Waals surface area contributed by atoms with Gasteiger partial charge in [0, 0.05) is 11.6 Å². The zero-order valence-corrected chi connectivity index (χ0v) is 9.65. The lowest BCUT2D eigenvalue weighted by molar-refractivity contribution is 0.414. The summed E-state index contributed by atoms with van der Waals surface area (Å²) >= 11 is 9.29. The second-order valence-corrected chi connectivity index (χ2v) is 3.49. The van der Waals surface area contributed by atoms with E-state index in [9.17, 15) is 0 Å². The zero-order chi connectivity index (χ0) is 9.68. The molecule has 0 spiro atoms. The maximum absolute atomic E-state index is 6.01. The van der Waals surface area contributed by atoms with Gasteiger partial charge in [0.2, 0.25) is 0 Å². The molecule has 0 aromatic heterocycles. The van der Waals surface area contributed by atoms with Crippen molar-refractivity contribution in [1.82, 2.24) is 5.32 Å². The van der Waals surface area contributed by atoms with Crippen LogP contribution in [0.5, 0.6) is 5.75 Å². The molecule has 72 valence electrons. The van der Waals surface area contributed by atoms with Crippen LogP contribution in [0.4, 0.5) is 0 Å². The van der Waals surface area contributed by atoms with Crippen LogP contribution >= 0.6 is 27.5 Å². The quantitative estimate of drug-likeness (QED) is 0.667. The lowest BCUT2D eigenvalue weighted by Gasteiger charge is -2.06. The van der Waals surface area contributed by atoms with Gasteiger partial charge in [-0.3, -0.25) is 0 Å². The van der Waals surface area contributed by atoms with Crippen LogP contribution in [0.1, 0.15) is 5.56 Å². The number of hydrogen-bond donors (Lipinski definition) is 1. The molecule has 0 unspecified atom stereocenters. The third kappa shape index (κ3) is 3.18. The Morgan fingerprint density at radius 1 is 1.54 bits per heavy atom. The Bertz CT molecular complexity index is 280. The highest BCUT2D eigenvalue weighted by Crippen LogP contribution is 2.21. The maximum Gasteiger partial charge on any atom is 0.120 e. The number of halogens is 2. The lowest BCUT2D eigenvalue weighted by atomic mass is 10.2. The molecule has 13 heavy (non-hydrogen) atoms. The van der Waals surface area contributed by atoms with Gasteiger partial charge in [0.1, 0.15) is 5.75 Å². The average molecular weight is 265 g/mol. The number of alkyl halides is 1. The number of hydrogen-bond acceptors (Lipinski definition) is 2. The summed E-state index contributed by atoms with van der Waals surface area (Å²) in [5.41, 5.74) is 1.83. The molecule has 0 amide bonds. The Balaban J connectivity index is 2.73. The van der Waals surface area contributed by atoms with Gasteiger partial charge in [-0.05, 0) is 17.7 Å². The van der Waals surface area contributed by atoms with Crippen LogP contribution in [0.25, 0.3) is 0 Å². The molecule has 1 N–H and O–H groups in total. The van der Waals surface area contributed by atoms with Gasteiger partial charge >= 0.3 is 0 Å². The highest BCUT2D eigenvalue weighted by Gasteiger charge is 2.00. The molecule has 0 heterocycles. The molecule has 0 aliphatic heterocycles. The molecule has 1 aromatic carbocycles. The average Bonchev–Trinajstić information content (AvgIpc) is 2.16. The van der Waals surface area contributed by atoms with Crippen LogP contribution in [0.3, 0.4) is 0 Å². The Labute approximate surface area is 91.4 Å². The van der Waals surface area contributed by atoms with Crippen molar-refractivity contribution in [2.24, 2.45) is 0 Å². The van der Waals surface area contributed by atoms with Crippen LogP contribution in [-0.4, -0.2) is 12.6 Å². The topological polar surface area (TPSA) is 21.3 Å². The fraction of sp³-hybridized carbons (Fsp3) is 0.333. The van der Waals surface area contributed by atoms with Crippen molar-refractivity contribution < 1.29 is 4.74 Å². The summed E-state index contributed by atoms with van der Waals surface area (Å²) in [6.07, 6.45) is 0.